The van der Waals surface area contributed by atoms with E-state index in [2.05, 4.69) is 35.8 Å². The van der Waals surface area contributed by atoms with Gasteiger partial charge in [-0.3, -0.25) is 4.98 Å². The first-order valence-corrected chi connectivity index (χ1v) is 13.4. The van der Waals surface area contributed by atoms with Crippen molar-refractivity contribution in [3.8, 4) is 5.69 Å². The second kappa shape index (κ2) is 11.1. The Balaban J connectivity index is 1.37. The van der Waals surface area contributed by atoms with Crippen molar-refractivity contribution in [1.82, 2.24) is 25.0 Å². The Morgan fingerprint density at radius 3 is 2.71 bits per heavy atom. The first-order valence-electron chi connectivity index (χ1n) is 13.4. The van der Waals surface area contributed by atoms with Crippen LogP contribution in [0, 0.1) is 24.1 Å². The van der Waals surface area contributed by atoms with Crippen LogP contribution in [0.1, 0.15) is 49.2 Å². The van der Waals surface area contributed by atoms with Crippen LogP contribution in [0.4, 0.5) is 9.18 Å². The Labute approximate surface area is 223 Å². The van der Waals surface area contributed by atoms with Crippen LogP contribution in [0.3, 0.4) is 0 Å². The Morgan fingerprint density at radius 2 is 2.00 bits per heavy atom. The third-order valence-corrected chi connectivity index (χ3v) is 8.40. The van der Waals surface area contributed by atoms with Crippen molar-refractivity contribution in [2.45, 2.75) is 45.6 Å². The smallest absolute Gasteiger partial charge is 0.318 e. The summed E-state index contributed by atoms with van der Waals surface area (Å²) >= 11 is 0. The van der Waals surface area contributed by atoms with Crippen LogP contribution in [0.5, 0.6) is 0 Å². The number of carbonyl (C=O) groups excluding carboxylic acids is 1. The normalized spacial score (nSPS) is 22.4. The van der Waals surface area contributed by atoms with Gasteiger partial charge in [-0.1, -0.05) is 25.1 Å². The molecule has 5 rings (SSSR count). The van der Waals surface area contributed by atoms with Crippen LogP contribution in [0.15, 0.2) is 67.0 Å². The topological polar surface area (TPSA) is 72.3 Å². The highest BCUT2D eigenvalue weighted by Crippen LogP contribution is 2.52. The average Bonchev–Trinajstić information content (AvgIpc) is 3.43. The van der Waals surface area contributed by atoms with Crippen molar-refractivity contribution in [2.75, 3.05) is 26.3 Å². The number of rotatable bonds is 7. The summed E-state index contributed by atoms with van der Waals surface area (Å²) in [6.07, 6.45) is 7.24. The lowest BCUT2D eigenvalue weighted by Gasteiger charge is -2.36. The van der Waals surface area contributed by atoms with E-state index >= 15 is 0 Å². The summed E-state index contributed by atoms with van der Waals surface area (Å²) in [5, 5.41) is 7.90. The lowest BCUT2D eigenvalue weighted by Crippen LogP contribution is -2.47. The van der Waals surface area contributed by atoms with E-state index in [1.54, 1.807) is 18.3 Å². The predicted octanol–water partition coefficient (Wildman–Crippen LogP) is 5.40. The number of urea groups is 1. The second-order valence-corrected chi connectivity index (χ2v) is 10.7. The highest BCUT2D eigenvalue weighted by Gasteiger charge is 2.43. The first kappa shape index (κ1) is 26.1. The van der Waals surface area contributed by atoms with Crippen molar-refractivity contribution >= 4 is 6.03 Å². The monoisotopic (exact) mass is 517 g/mol. The lowest BCUT2D eigenvalue weighted by molar-refractivity contribution is 0.0520. The summed E-state index contributed by atoms with van der Waals surface area (Å²) in [7, 11) is 0. The molecule has 0 bridgehead atoms. The predicted molar refractivity (Wildman–Crippen MR) is 144 cm³/mol. The second-order valence-electron chi connectivity index (χ2n) is 10.7. The molecule has 1 aromatic carbocycles. The number of aromatic nitrogens is 3. The van der Waals surface area contributed by atoms with Crippen molar-refractivity contribution in [1.29, 1.82) is 0 Å². The zero-order valence-corrected chi connectivity index (χ0v) is 22.2. The minimum Gasteiger partial charge on any atom is -0.378 e. The third kappa shape index (κ3) is 5.36. The number of allylic oxidation sites excluding steroid dienone is 1. The molecule has 0 spiro atoms. The number of benzene rings is 1. The molecule has 1 unspecified atom stereocenters. The van der Waals surface area contributed by atoms with E-state index in [-0.39, 0.29) is 23.3 Å². The van der Waals surface area contributed by atoms with Gasteiger partial charge < -0.3 is 15.0 Å². The number of ether oxygens (including phenoxy) is 1. The molecule has 8 heteroatoms. The van der Waals surface area contributed by atoms with Crippen LogP contribution < -0.4 is 5.32 Å². The van der Waals surface area contributed by atoms with Gasteiger partial charge in [0.1, 0.15) is 5.82 Å². The fourth-order valence-electron chi connectivity index (χ4n) is 5.87. The number of pyridine rings is 1. The maximum absolute atomic E-state index is 13.4. The van der Waals surface area contributed by atoms with Crippen molar-refractivity contribution in [3.63, 3.8) is 0 Å². The molecule has 1 saturated carbocycles. The van der Waals surface area contributed by atoms with Crippen LogP contribution in [-0.4, -0.2) is 52.0 Å². The summed E-state index contributed by atoms with van der Waals surface area (Å²) in [4.78, 5) is 19.6. The lowest BCUT2D eigenvalue weighted by atomic mass is 9.70. The van der Waals surface area contributed by atoms with Crippen molar-refractivity contribution in [2.24, 2.45) is 11.3 Å². The molecule has 2 fully saturated rings. The number of nitrogens with one attached hydrogen (secondary N) is 1. The van der Waals surface area contributed by atoms with E-state index in [1.165, 1.54) is 17.7 Å². The van der Waals surface area contributed by atoms with Crippen LogP contribution >= 0.6 is 0 Å². The largest absolute Gasteiger partial charge is 0.378 e. The van der Waals surface area contributed by atoms with Gasteiger partial charge in [0.25, 0.3) is 0 Å². The number of hydrogen-bond donors (Lipinski definition) is 1. The molecule has 38 heavy (non-hydrogen) atoms. The molecule has 1 aliphatic heterocycles. The van der Waals surface area contributed by atoms with Gasteiger partial charge in [-0.2, -0.15) is 5.10 Å². The van der Waals surface area contributed by atoms with Gasteiger partial charge in [-0.05, 0) is 85.9 Å². The van der Waals surface area contributed by atoms with Gasteiger partial charge in [0.15, 0.2) is 0 Å². The van der Waals surface area contributed by atoms with Gasteiger partial charge in [-0.25, -0.2) is 13.9 Å². The van der Waals surface area contributed by atoms with E-state index in [9.17, 15) is 9.18 Å². The molecule has 2 aromatic heterocycles. The summed E-state index contributed by atoms with van der Waals surface area (Å²) < 4.78 is 20.7. The van der Waals surface area contributed by atoms with E-state index in [4.69, 9.17) is 4.74 Å². The molecule has 3 atom stereocenters. The fraction of sp³-hybridized carbons (Fsp3) is 0.433. The van der Waals surface area contributed by atoms with Crippen molar-refractivity contribution in [3.05, 3.63) is 89.8 Å². The zero-order valence-electron chi connectivity index (χ0n) is 22.2. The highest BCUT2D eigenvalue weighted by atomic mass is 19.1. The zero-order chi connectivity index (χ0) is 26.7. The van der Waals surface area contributed by atoms with E-state index in [0.717, 1.165) is 48.3 Å². The van der Waals surface area contributed by atoms with Gasteiger partial charge >= 0.3 is 6.03 Å². The van der Waals surface area contributed by atoms with Crippen LogP contribution in [0.25, 0.3) is 5.69 Å². The molecular formula is C30H36FN5O2. The molecule has 3 heterocycles. The first-order chi connectivity index (χ1) is 18.3. The molecule has 0 radical (unpaired) electrons. The Morgan fingerprint density at radius 1 is 1.24 bits per heavy atom. The van der Waals surface area contributed by atoms with E-state index in [0.29, 0.717) is 32.2 Å². The number of hydrogen-bond acceptors (Lipinski definition) is 4. The summed E-state index contributed by atoms with van der Waals surface area (Å²) in [6, 6.07) is 12.0. The SMILES string of the molecule is C=C1CC[C@H](CC(NC(=O)N2CCOCC2)c2ccccn2)[C@@]1(C)Cc1cnn(-c2ccc(F)cc2)c1C. The molecule has 1 saturated heterocycles. The number of carbonyl (C=O) groups is 1. The number of nitrogens with zero attached hydrogens (tertiary/aromatic N) is 4. The Hall–Kier alpha value is -3.52. The standard InChI is InChI=1S/C30H36FN5O2/c1-21-7-8-24(18-28(27-6-4-5-13-32-27)34-29(37)35-14-16-38-17-15-35)30(21,3)19-23-20-33-36(22(23)2)26-11-9-25(31)10-12-26/h4-6,9-13,20,24,28H,1,7-8,14-19H2,2-3H3,(H,34,37)/t24-,28?,30+/m1/s1. The summed E-state index contributed by atoms with van der Waals surface area (Å²) in [5.74, 6) is 0.0418. The minimum atomic E-state index is -0.264. The van der Waals surface area contributed by atoms with E-state index < -0.39 is 0 Å². The minimum absolute atomic E-state index is 0.0705. The molecule has 1 N–H and O–H groups in total. The van der Waals surface area contributed by atoms with Crippen molar-refractivity contribution < 1.29 is 13.9 Å². The van der Waals surface area contributed by atoms with Gasteiger partial charge in [0, 0.05) is 25.0 Å². The maximum Gasteiger partial charge on any atom is 0.318 e. The molecule has 2 aliphatic rings. The third-order valence-electron chi connectivity index (χ3n) is 8.40. The quantitative estimate of drug-likeness (QED) is 0.426. The molecule has 7 nitrogen and oxygen atoms in total. The van der Waals surface area contributed by atoms with Crippen LogP contribution in [0.2, 0.25) is 0 Å². The number of amides is 2. The molecule has 3 aromatic rings. The van der Waals surface area contributed by atoms with Gasteiger partial charge in [-0.15, -0.1) is 0 Å². The summed E-state index contributed by atoms with van der Waals surface area (Å²) in [5.41, 5.74) is 4.97. The Kier molecular flexibility index (Phi) is 7.61. The number of halogens is 1. The molecule has 200 valence electrons. The summed E-state index contributed by atoms with van der Waals surface area (Å²) in [6.45, 7) is 11.1. The van der Waals surface area contributed by atoms with Crippen LogP contribution in [-0.2, 0) is 11.2 Å². The van der Waals surface area contributed by atoms with Gasteiger partial charge in [0.05, 0.1) is 36.8 Å². The molecule has 1 aliphatic carbocycles. The highest BCUT2D eigenvalue weighted by molar-refractivity contribution is 5.74. The molecule has 2 amide bonds. The fourth-order valence-corrected chi connectivity index (χ4v) is 5.87. The maximum atomic E-state index is 13.4. The van der Waals surface area contributed by atoms with Gasteiger partial charge in [0.2, 0.25) is 0 Å². The molecular weight excluding hydrogens is 481 g/mol. The number of morpholine rings is 1. The Bertz CT molecular complexity index is 1270. The van der Waals surface area contributed by atoms with E-state index in [1.807, 2.05) is 34.0 Å². The average molecular weight is 518 g/mol.